The molecule has 3 rings (SSSR count). The number of sulfonamides is 1. The van der Waals surface area contributed by atoms with Crippen LogP contribution in [0.2, 0.25) is 5.02 Å². The van der Waals surface area contributed by atoms with Crippen LogP contribution in [0.3, 0.4) is 0 Å². The van der Waals surface area contributed by atoms with Crippen molar-refractivity contribution in [3.05, 3.63) is 53.1 Å². The van der Waals surface area contributed by atoms with E-state index in [2.05, 4.69) is 10.0 Å². The van der Waals surface area contributed by atoms with E-state index in [1.165, 1.54) is 29.2 Å². The van der Waals surface area contributed by atoms with Gasteiger partial charge in [-0.1, -0.05) is 18.5 Å². The summed E-state index contributed by atoms with van der Waals surface area (Å²) < 4.78 is 34.8. The minimum Gasteiger partial charge on any atom is -0.488 e. The zero-order valence-corrected chi connectivity index (χ0v) is 24.4. The Morgan fingerprint density at radius 1 is 1.21 bits per heavy atom. The quantitative estimate of drug-likeness (QED) is 0.439. The molecular formula is C27H37ClN4O6S. The van der Waals surface area contributed by atoms with E-state index < -0.39 is 22.2 Å². The molecule has 0 aromatic heterocycles. The monoisotopic (exact) mass is 580 g/mol. The van der Waals surface area contributed by atoms with Gasteiger partial charge < -0.3 is 25.0 Å². The number of carbonyl (C=O) groups excluding carboxylic acids is 2. The summed E-state index contributed by atoms with van der Waals surface area (Å²) in [4.78, 5) is 29.1. The molecule has 0 radical (unpaired) electrons. The number of aliphatic hydroxyl groups excluding tert-OH is 1. The highest BCUT2D eigenvalue weighted by atomic mass is 35.5. The van der Waals surface area contributed by atoms with Gasteiger partial charge in [0.2, 0.25) is 5.91 Å². The molecule has 0 bridgehead atoms. The highest BCUT2D eigenvalue weighted by Gasteiger charge is 2.32. The number of nitrogens with zero attached hydrogens (tertiary/aromatic N) is 2. The van der Waals surface area contributed by atoms with Crippen LogP contribution >= 0.6 is 11.6 Å². The second kappa shape index (κ2) is 12.9. The lowest BCUT2D eigenvalue weighted by molar-refractivity contribution is -0.134. The van der Waals surface area contributed by atoms with Crippen LogP contribution < -0.4 is 14.8 Å². The average molecular weight is 581 g/mol. The summed E-state index contributed by atoms with van der Waals surface area (Å²) in [6.45, 7) is 7.79. The molecule has 1 aliphatic rings. The number of hydrogen-bond acceptors (Lipinski definition) is 6. The van der Waals surface area contributed by atoms with Crippen LogP contribution in [0.1, 0.15) is 33.3 Å². The lowest BCUT2D eigenvalue weighted by Gasteiger charge is -2.34. The fourth-order valence-electron chi connectivity index (χ4n) is 4.25. The van der Waals surface area contributed by atoms with E-state index in [1.807, 2.05) is 20.8 Å². The van der Waals surface area contributed by atoms with Crippen LogP contribution in [0, 0.1) is 5.92 Å². The van der Waals surface area contributed by atoms with Crippen molar-refractivity contribution in [2.45, 2.75) is 57.2 Å². The van der Waals surface area contributed by atoms with Crippen molar-refractivity contribution in [1.82, 2.24) is 15.1 Å². The molecule has 0 spiro atoms. The third-order valence-electron chi connectivity index (χ3n) is 6.51. The molecule has 0 aliphatic carbocycles. The van der Waals surface area contributed by atoms with Gasteiger partial charge in [-0.05, 0) is 63.2 Å². The van der Waals surface area contributed by atoms with Gasteiger partial charge >= 0.3 is 6.03 Å². The van der Waals surface area contributed by atoms with Crippen molar-refractivity contribution in [3.8, 4) is 5.75 Å². The van der Waals surface area contributed by atoms with Crippen molar-refractivity contribution in [2.24, 2.45) is 5.92 Å². The number of carbonyl (C=O) groups is 2. The highest BCUT2D eigenvalue weighted by Crippen LogP contribution is 2.30. The number of anilines is 1. The number of halogens is 1. The molecule has 1 heterocycles. The first kappa shape index (κ1) is 30.5. The lowest BCUT2D eigenvalue weighted by atomic mass is 10.0. The maximum Gasteiger partial charge on any atom is 0.317 e. The van der Waals surface area contributed by atoms with Crippen LogP contribution in [0.4, 0.5) is 10.5 Å². The van der Waals surface area contributed by atoms with E-state index in [1.54, 1.807) is 37.1 Å². The minimum atomic E-state index is -3.91. The number of urea groups is 1. The van der Waals surface area contributed by atoms with Crippen LogP contribution in [0.25, 0.3) is 0 Å². The van der Waals surface area contributed by atoms with Gasteiger partial charge in [-0.3, -0.25) is 9.52 Å². The summed E-state index contributed by atoms with van der Waals surface area (Å²) in [7, 11) is -2.23. The minimum absolute atomic E-state index is 0.0341. The first-order valence-electron chi connectivity index (χ1n) is 12.8. The van der Waals surface area contributed by atoms with Crippen LogP contribution in [0.5, 0.6) is 5.75 Å². The molecule has 2 aromatic carbocycles. The summed E-state index contributed by atoms with van der Waals surface area (Å²) in [5.74, 6) is 0.00890. The zero-order chi connectivity index (χ0) is 28.9. The van der Waals surface area contributed by atoms with E-state index in [0.717, 1.165) is 0 Å². The molecule has 39 heavy (non-hydrogen) atoms. The Morgan fingerprint density at radius 3 is 2.49 bits per heavy atom. The van der Waals surface area contributed by atoms with Gasteiger partial charge in [-0.15, -0.1) is 0 Å². The molecule has 3 N–H and O–H groups in total. The SMILES string of the molecule is CC(C)NC(=O)N(C)C[C@@H]1Oc2ccc(NS(=O)(=O)c3ccc(Cl)cc3)cc2CC(=O)N([C@H](C)CO)C[C@H]1C. The normalized spacial score (nSPS) is 18.8. The number of fused-ring (bicyclic) bond motifs is 1. The third-order valence-corrected chi connectivity index (χ3v) is 8.15. The number of likely N-dealkylation sites (N-methyl/N-ethyl adjacent to an activating group) is 1. The van der Waals surface area contributed by atoms with Crippen LogP contribution in [-0.4, -0.2) is 80.2 Å². The molecule has 2 aromatic rings. The van der Waals surface area contributed by atoms with Gasteiger partial charge in [0.1, 0.15) is 11.9 Å². The number of hydrogen-bond donors (Lipinski definition) is 3. The molecule has 214 valence electrons. The summed E-state index contributed by atoms with van der Waals surface area (Å²) >= 11 is 5.89. The van der Waals surface area contributed by atoms with Crippen molar-refractivity contribution < 1.29 is 27.9 Å². The molecular weight excluding hydrogens is 544 g/mol. The van der Waals surface area contributed by atoms with Crippen LogP contribution in [-0.2, 0) is 21.2 Å². The fraction of sp³-hybridized carbons (Fsp3) is 0.481. The standard InChI is InChI=1S/C27H37ClN4O6S/c1-17(2)29-27(35)31(5)15-25-18(3)14-32(19(4)16-33)26(34)13-20-12-22(8-11-24(20)38-25)30-39(36,37)23-9-6-21(28)7-10-23/h6-12,17-19,25,30,33H,13-16H2,1-5H3,(H,29,35)/t18-,19-,25+/m1/s1. The van der Waals surface area contributed by atoms with E-state index >= 15 is 0 Å². The largest absolute Gasteiger partial charge is 0.488 e. The Hall–Kier alpha value is -3.02. The second-order valence-electron chi connectivity index (χ2n) is 10.3. The van der Waals surface area contributed by atoms with Gasteiger partial charge in [0.15, 0.2) is 0 Å². The molecule has 3 amide bonds. The van der Waals surface area contributed by atoms with E-state index in [0.29, 0.717) is 22.9 Å². The van der Waals surface area contributed by atoms with Gasteiger partial charge in [-0.25, -0.2) is 13.2 Å². The molecule has 0 unspecified atom stereocenters. The molecule has 0 saturated carbocycles. The number of aliphatic hydroxyl groups is 1. The summed E-state index contributed by atoms with van der Waals surface area (Å²) in [6, 6.07) is 9.84. The Kier molecular flexibility index (Phi) is 10.1. The maximum atomic E-state index is 13.4. The van der Waals surface area contributed by atoms with Crippen molar-refractivity contribution >= 4 is 39.2 Å². The van der Waals surface area contributed by atoms with Crippen molar-refractivity contribution in [1.29, 1.82) is 0 Å². The van der Waals surface area contributed by atoms with Gasteiger partial charge in [0.05, 0.1) is 30.5 Å². The summed E-state index contributed by atoms with van der Waals surface area (Å²) in [5.41, 5.74) is 0.749. The Bertz CT molecular complexity index is 1270. The average Bonchev–Trinajstić information content (AvgIpc) is 2.91. The predicted molar refractivity (Wildman–Crippen MR) is 151 cm³/mol. The number of rotatable bonds is 8. The molecule has 12 heteroatoms. The summed E-state index contributed by atoms with van der Waals surface area (Å²) in [6.07, 6.45) is -0.540. The van der Waals surface area contributed by atoms with Gasteiger partial charge in [0, 0.05) is 41.8 Å². The smallest absolute Gasteiger partial charge is 0.317 e. The molecule has 10 nitrogen and oxygen atoms in total. The Morgan fingerprint density at radius 2 is 1.87 bits per heavy atom. The molecule has 3 atom stereocenters. The Balaban J connectivity index is 1.95. The first-order valence-corrected chi connectivity index (χ1v) is 14.7. The predicted octanol–water partition coefficient (Wildman–Crippen LogP) is 3.34. The number of amides is 3. The zero-order valence-electron chi connectivity index (χ0n) is 22.8. The number of benzene rings is 2. The molecule has 1 aliphatic heterocycles. The van der Waals surface area contributed by atoms with Crippen molar-refractivity contribution in [2.75, 3.05) is 31.5 Å². The number of nitrogens with one attached hydrogen (secondary N) is 2. The Labute approximate surface area is 235 Å². The second-order valence-corrected chi connectivity index (χ2v) is 12.4. The van der Waals surface area contributed by atoms with Crippen LogP contribution in [0.15, 0.2) is 47.4 Å². The van der Waals surface area contributed by atoms with Gasteiger partial charge in [-0.2, -0.15) is 0 Å². The van der Waals surface area contributed by atoms with E-state index in [4.69, 9.17) is 16.3 Å². The third kappa shape index (κ3) is 8.00. The molecule has 0 fully saturated rings. The number of ether oxygens (including phenoxy) is 1. The van der Waals surface area contributed by atoms with Crippen molar-refractivity contribution in [3.63, 3.8) is 0 Å². The fourth-order valence-corrected chi connectivity index (χ4v) is 5.42. The topological polar surface area (TPSA) is 128 Å². The lowest BCUT2D eigenvalue weighted by Crippen LogP contribution is -2.49. The summed E-state index contributed by atoms with van der Waals surface area (Å²) in [5, 5.41) is 13.1. The van der Waals surface area contributed by atoms with E-state index in [9.17, 15) is 23.1 Å². The first-order chi connectivity index (χ1) is 18.3. The molecule has 0 saturated heterocycles. The van der Waals surface area contributed by atoms with Gasteiger partial charge in [0.25, 0.3) is 10.0 Å². The highest BCUT2D eigenvalue weighted by molar-refractivity contribution is 7.92. The maximum absolute atomic E-state index is 13.4. The van der Waals surface area contributed by atoms with E-state index in [-0.39, 0.29) is 54.1 Å².